The summed E-state index contributed by atoms with van der Waals surface area (Å²) in [7, 11) is 2.15. The highest BCUT2D eigenvalue weighted by atomic mass is 19.1. The molecule has 2 nitrogen and oxygen atoms in total. The molecule has 1 aliphatic heterocycles. The third kappa shape index (κ3) is 2.22. The zero-order chi connectivity index (χ0) is 9.97. The van der Waals surface area contributed by atoms with Gasteiger partial charge in [-0.2, -0.15) is 0 Å². The Morgan fingerprint density at radius 1 is 1.29 bits per heavy atom. The number of likely N-dealkylation sites (N-methyl/N-ethyl adjacent to an activating group) is 1. The lowest BCUT2D eigenvalue weighted by atomic mass is 10.1. The maximum absolute atomic E-state index is 12.7. The number of rotatable bonds is 1. The molecule has 1 aliphatic carbocycles. The Labute approximate surface area is 84.7 Å². The average molecular weight is 196 g/mol. The van der Waals surface area contributed by atoms with Gasteiger partial charge in [0.25, 0.3) is 0 Å². The van der Waals surface area contributed by atoms with Crippen LogP contribution in [0, 0.1) is 0 Å². The zero-order valence-corrected chi connectivity index (χ0v) is 8.62. The minimum Gasteiger partial charge on any atom is -0.304 e. The van der Waals surface area contributed by atoms with Crippen LogP contribution in [0.4, 0.5) is 4.39 Å². The van der Waals surface area contributed by atoms with E-state index in [-0.39, 0.29) is 5.83 Å². The van der Waals surface area contributed by atoms with Crippen LogP contribution in [0.2, 0.25) is 0 Å². The molecule has 2 aliphatic rings. The molecule has 0 bridgehead atoms. The molecular weight excluding hydrogens is 179 g/mol. The highest BCUT2D eigenvalue weighted by Gasteiger charge is 2.21. The largest absolute Gasteiger partial charge is 0.304 e. The summed E-state index contributed by atoms with van der Waals surface area (Å²) in [6.07, 6.45) is 6.09. The standard InChI is InChI=1S/C11H17FN2/c1-13-6-8-14(9-7-13)11-4-2-10(12)3-5-11/h2-4,11H,5-9H2,1H3. The van der Waals surface area contributed by atoms with E-state index in [1.807, 2.05) is 6.08 Å². The molecule has 0 spiro atoms. The van der Waals surface area contributed by atoms with E-state index in [9.17, 15) is 4.39 Å². The van der Waals surface area contributed by atoms with Gasteiger partial charge in [-0.25, -0.2) is 4.39 Å². The summed E-state index contributed by atoms with van der Waals surface area (Å²) in [5.74, 6) is -0.0876. The van der Waals surface area contributed by atoms with Gasteiger partial charge in [0.05, 0.1) is 0 Å². The summed E-state index contributed by atoms with van der Waals surface area (Å²) in [5.41, 5.74) is 0. The maximum atomic E-state index is 12.7. The van der Waals surface area contributed by atoms with E-state index in [2.05, 4.69) is 16.8 Å². The van der Waals surface area contributed by atoms with Crippen LogP contribution in [0.3, 0.4) is 0 Å². The molecule has 0 radical (unpaired) electrons. The molecule has 0 aromatic heterocycles. The number of nitrogens with zero attached hydrogens (tertiary/aromatic N) is 2. The predicted octanol–water partition coefficient (Wildman–Crippen LogP) is 1.42. The molecule has 0 amide bonds. The Kier molecular flexibility index (Phi) is 2.99. The summed E-state index contributed by atoms with van der Waals surface area (Å²) < 4.78 is 12.7. The minimum atomic E-state index is -0.0876. The quantitative estimate of drug-likeness (QED) is 0.625. The monoisotopic (exact) mass is 196 g/mol. The van der Waals surface area contributed by atoms with Crippen LogP contribution in [0.25, 0.3) is 0 Å². The molecule has 2 rings (SSSR count). The first-order valence-electron chi connectivity index (χ1n) is 5.22. The highest BCUT2D eigenvalue weighted by molar-refractivity contribution is 5.19. The lowest BCUT2D eigenvalue weighted by Crippen LogP contribution is -2.48. The fourth-order valence-corrected chi connectivity index (χ4v) is 2.01. The van der Waals surface area contributed by atoms with Gasteiger partial charge in [0, 0.05) is 32.2 Å². The van der Waals surface area contributed by atoms with Crippen molar-refractivity contribution in [2.75, 3.05) is 33.2 Å². The molecule has 0 aromatic carbocycles. The van der Waals surface area contributed by atoms with Crippen LogP contribution >= 0.6 is 0 Å². The molecule has 1 atom stereocenters. The fraction of sp³-hybridized carbons (Fsp3) is 0.636. The van der Waals surface area contributed by atoms with Gasteiger partial charge in [-0.3, -0.25) is 4.90 Å². The van der Waals surface area contributed by atoms with Crippen LogP contribution in [-0.4, -0.2) is 49.1 Å². The minimum absolute atomic E-state index is 0.0876. The first kappa shape index (κ1) is 9.87. The Bertz CT molecular complexity index is 252. The summed E-state index contributed by atoms with van der Waals surface area (Å²) in [6, 6.07) is 0.420. The van der Waals surface area contributed by atoms with E-state index in [0.29, 0.717) is 6.04 Å². The van der Waals surface area contributed by atoms with Gasteiger partial charge in [-0.05, 0) is 25.6 Å². The molecule has 0 saturated carbocycles. The summed E-state index contributed by atoms with van der Waals surface area (Å²) >= 11 is 0. The van der Waals surface area contributed by atoms with E-state index in [1.165, 1.54) is 0 Å². The van der Waals surface area contributed by atoms with E-state index in [4.69, 9.17) is 0 Å². The number of halogens is 1. The topological polar surface area (TPSA) is 6.48 Å². The molecule has 1 heterocycles. The Hall–Kier alpha value is -0.670. The molecule has 1 unspecified atom stereocenters. The lowest BCUT2D eigenvalue weighted by Gasteiger charge is -2.37. The SMILES string of the molecule is CN1CCN(C2C=CC(F)=CC2)CC1. The van der Waals surface area contributed by atoms with E-state index >= 15 is 0 Å². The van der Waals surface area contributed by atoms with Crippen molar-refractivity contribution in [2.45, 2.75) is 12.5 Å². The molecule has 3 heteroatoms. The second-order valence-electron chi connectivity index (χ2n) is 4.09. The van der Waals surface area contributed by atoms with E-state index in [0.717, 1.165) is 32.6 Å². The Balaban J connectivity index is 1.88. The normalized spacial score (nSPS) is 30.4. The van der Waals surface area contributed by atoms with Crippen molar-refractivity contribution in [1.29, 1.82) is 0 Å². The molecule has 78 valence electrons. The highest BCUT2D eigenvalue weighted by Crippen LogP contribution is 2.17. The van der Waals surface area contributed by atoms with Crippen molar-refractivity contribution in [2.24, 2.45) is 0 Å². The second kappa shape index (κ2) is 4.24. The first-order chi connectivity index (χ1) is 6.75. The molecule has 1 fully saturated rings. The second-order valence-corrected chi connectivity index (χ2v) is 4.09. The van der Waals surface area contributed by atoms with Crippen molar-refractivity contribution in [1.82, 2.24) is 9.80 Å². The molecule has 1 saturated heterocycles. The van der Waals surface area contributed by atoms with Crippen molar-refractivity contribution in [3.8, 4) is 0 Å². The van der Waals surface area contributed by atoms with Crippen LogP contribution in [0.15, 0.2) is 24.1 Å². The lowest BCUT2D eigenvalue weighted by molar-refractivity contribution is 0.130. The van der Waals surface area contributed by atoms with Crippen molar-refractivity contribution < 1.29 is 4.39 Å². The number of hydrogen-bond donors (Lipinski definition) is 0. The van der Waals surface area contributed by atoms with Crippen LogP contribution < -0.4 is 0 Å². The van der Waals surface area contributed by atoms with Gasteiger partial charge < -0.3 is 4.90 Å². The maximum Gasteiger partial charge on any atom is 0.119 e. The van der Waals surface area contributed by atoms with E-state index < -0.39 is 0 Å². The number of hydrogen-bond acceptors (Lipinski definition) is 2. The van der Waals surface area contributed by atoms with Crippen LogP contribution in [-0.2, 0) is 0 Å². The van der Waals surface area contributed by atoms with Gasteiger partial charge in [-0.1, -0.05) is 6.08 Å². The predicted molar refractivity (Wildman–Crippen MR) is 55.8 cm³/mol. The third-order valence-corrected chi connectivity index (χ3v) is 3.04. The smallest absolute Gasteiger partial charge is 0.119 e. The van der Waals surface area contributed by atoms with E-state index in [1.54, 1.807) is 12.2 Å². The Morgan fingerprint density at radius 2 is 2.00 bits per heavy atom. The molecule has 0 N–H and O–H groups in total. The number of allylic oxidation sites excluding steroid dienone is 2. The van der Waals surface area contributed by atoms with Gasteiger partial charge in [0.2, 0.25) is 0 Å². The average Bonchev–Trinajstić information content (AvgIpc) is 2.21. The van der Waals surface area contributed by atoms with Crippen molar-refractivity contribution in [3.05, 3.63) is 24.1 Å². The summed E-state index contributed by atoms with van der Waals surface area (Å²) in [6.45, 7) is 4.44. The van der Waals surface area contributed by atoms with Gasteiger partial charge in [0.1, 0.15) is 5.83 Å². The summed E-state index contributed by atoms with van der Waals surface area (Å²) in [4.78, 5) is 4.76. The third-order valence-electron chi connectivity index (χ3n) is 3.04. The van der Waals surface area contributed by atoms with Gasteiger partial charge in [0.15, 0.2) is 0 Å². The number of piperazine rings is 1. The Morgan fingerprint density at radius 3 is 2.57 bits per heavy atom. The van der Waals surface area contributed by atoms with Crippen LogP contribution in [0.5, 0.6) is 0 Å². The summed E-state index contributed by atoms with van der Waals surface area (Å²) in [5, 5.41) is 0. The zero-order valence-electron chi connectivity index (χ0n) is 8.62. The van der Waals surface area contributed by atoms with Crippen LogP contribution in [0.1, 0.15) is 6.42 Å². The first-order valence-corrected chi connectivity index (χ1v) is 5.22. The van der Waals surface area contributed by atoms with Crippen molar-refractivity contribution >= 4 is 0 Å². The van der Waals surface area contributed by atoms with Gasteiger partial charge in [-0.15, -0.1) is 0 Å². The molecular formula is C11H17FN2. The van der Waals surface area contributed by atoms with Crippen molar-refractivity contribution in [3.63, 3.8) is 0 Å². The molecule has 0 aromatic rings. The van der Waals surface area contributed by atoms with Gasteiger partial charge >= 0.3 is 0 Å². The fourth-order valence-electron chi connectivity index (χ4n) is 2.01. The molecule has 14 heavy (non-hydrogen) atoms.